The Kier molecular flexibility index (Phi) is 10.7. The standard InChI is InChI=1S/C25H42N2O3/c1-5-7-8-15-25(4,30-18-6-2)24(28)26-22-11-13-23(14-12-22)29-19-17-27-16-9-10-21(3)20-27/h11-14,21H,5-10,15-20H2,1-4H3,(H,26,28)/t21-,25-/m1/s1. The molecule has 0 radical (unpaired) electrons. The summed E-state index contributed by atoms with van der Waals surface area (Å²) < 4.78 is 11.9. The summed E-state index contributed by atoms with van der Waals surface area (Å²) >= 11 is 0. The summed E-state index contributed by atoms with van der Waals surface area (Å²) in [5.41, 5.74) is -0.00891. The molecule has 1 aliphatic heterocycles. The molecule has 1 amide bonds. The van der Waals surface area contributed by atoms with Crippen LogP contribution in [0.15, 0.2) is 24.3 Å². The number of unbranched alkanes of at least 4 members (excludes halogenated alkanes) is 2. The zero-order chi connectivity index (χ0) is 21.8. The van der Waals surface area contributed by atoms with Gasteiger partial charge in [0.25, 0.3) is 5.91 Å². The Morgan fingerprint density at radius 3 is 2.60 bits per heavy atom. The van der Waals surface area contributed by atoms with E-state index in [1.165, 1.54) is 25.9 Å². The highest BCUT2D eigenvalue weighted by Crippen LogP contribution is 2.24. The van der Waals surface area contributed by atoms with Crippen molar-refractivity contribution in [2.24, 2.45) is 5.92 Å². The number of piperidine rings is 1. The number of nitrogens with zero attached hydrogens (tertiary/aromatic N) is 1. The van der Waals surface area contributed by atoms with Gasteiger partial charge in [0, 0.05) is 25.4 Å². The van der Waals surface area contributed by atoms with Crippen LogP contribution < -0.4 is 10.1 Å². The van der Waals surface area contributed by atoms with E-state index in [0.29, 0.717) is 13.2 Å². The van der Waals surface area contributed by atoms with E-state index in [-0.39, 0.29) is 5.91 Å². The predicted molar refractivity (Wildman–Crippen MR) is 124 cm³/mol. The molecule has 0 bridgehead atoms. The zero-order valence-corrected chi connectivity index (χ0v) is 19.5. The van der Waals surface area contributed by atoms with Crippen molar-refractivity contribution in [3.63, 3.8) is 0 Å². The van der Waals surface area contributed by atoms with E-state index < -0.39 is 5.60 Å². The second-order valence-corrected chi connectivity index (χ2v) is 8.91. The Morgan fingerprint density at radius 1 is 1.17 bits per heavy atom. The molecule has 0 aromatic heterocycles. The van der Waals surface area contributed by atoms with E-state index >= 15 is 0 Å². The first-order valence-electron chi connectivity index (χ1n) is 11.9. The van der Waals surface area contributed by atoms with Crippen molar-refractivity contribution < 1.29 is 14.3 Å². The molecule has 2 rings (SSSR count). The molecule has 2 atom stereocenters. The minimum absolute atomic E-state index is 0.0695. The predicted octanol–water partition coefficient (Wildman–Crippen LogP) is 5.50. The number of anilines is 1. The second-order valence-electron chi connectivity index (χ2n) is 8.91. The van der Waals surface area contributed by atoms with E-state index in [2.05, 4.69) is 31.0 Å². The lowest BCUT2D eigenvalue weighted by molar-refractivity contribution is -0.140. The van der Waals surface area contributed by atoms with Gasteiger partial charge in [-0.15, -0.1) is 0 Å². The van der Waals surface area contributed by atoms with Crippen LogP contribution in [0.25, 0.3) is 0 Å². The minimum atomic E-state index is -0.786. The number of rotatable bonds is 13. The van der Waals surface area contributed by atoms with Crippen LogP contribution in [0.2, 0.25) is 0 Å². The molecule has 0 aliphatic carbocycles. The van der Waals surface area contributed by atoms with Gasteiger partial charge in [0.15, 0.2) is 0 Å². The lowest BCUT2D eigenvalue weighted by Crippen LogP contribution is -2.43. The maximum absolute atomic E-state index is 12.9. The first-order valence-corrected chi connectivity index (χ1v) is 11.9. The molecule has 1 aromatic carbocycles. The summed E-state index contributed by atoms with van der Waals surface area (Å²) in [6.45, 7) is 13.1. The molecule has 0 unspecified atom stereocenters. The number of benzene rings is 1. The summed E-state index contributed by atoms with van der Waals surface area (Å²) in [4.78, 5) is 15.4. The number of ether oxygens (including phenoxy) is 2. The number of amides is 1. The van der Waals surface area contributed by atoms with Crippen LogP contribution in [0, 0.1) is 5.92 Å². The monoisotopic (exact) mass is 418 g/mol. The highest BCUT2D eigenvalue weighted by molar-refractivity contribution is 5.97. The van der Waals surface area contributed by atoms with Crippen molar-refractivity contribution in [2.45, 2.75) is 78.2 Å². The molecule has 1 heterocycles. The SMILES string of the molecule is CCCCC[C@@](C)(OCCC)C(=O)Nc1ccc(OCCN2CCC[C@@H](C)C2)cc1. The van der Waals surface area contributed by atoms with E-state index in [1.54, 1.807) is 0 Å². The maximum atomic E-state index is 12.9. The van der Waals surface area contributed by atoms with E-state index in [1.807, 2.05) is 31.2 Å². The Balaban J connectivity index is 1.82. The second kappa shape index (κ2) is 13.0. The third kappa shape index (κ3) is 8.27. The molecular weight excluding hydrogens is 376 g/mol. The van der Waals surface area contributed by atoms with Crippen molar-refractivity contribution in [3.8, 4) is 5.75 Å². The number of carbonyl (C=O) groups is 1. The molecule has 1 aromatic rings. The van der Waals surface area contributed by atoms with Gasteiger partial charge in [-0.2, -0.15) is 0 Å². The topological polar surface area (TPSA) is 50.8 Å². The molecule has 1 aliphatic rings. The van der Waals surface area contributed by atoms with Crippen LogP contribution in [0.4, 0.5) is 5.69 Å². The van der Waals surface area contributed by atoms with Crippen LogP contribution in [0.1, 0.15) is 72.6 Å². The third-order valence-electron chi connectivity index (χ3n) is 5.89. The molecule has 1 N–H and O–H groups in total. The Morgan fingerprint density at radius 2 is 1.93 bits per heavy atom. The van der Waals surface area contributed by atoms with Gasteiger partial charge >= 0.3 is 0 Å². The van der Waals surface area contributed by atoms with Gasteiger partial charge in [-0.05, 0) is 69.3 Å². The van der Waals surface area contributed by atoms with E-state index in [4.69, 9.17) is 9.47 Å². The number of hydrogen-bond acceptors (Lipinski definition) is 4. The van der Waals surface area contributed by atoms with Gasteiger partial charge in [0.05, 0.1) is 0 Å². The van der Waals surface area contributed by atoms with Crippen molar-refractivity contribution in [1.82, 2.24) is 4.90 Å². The largest absolute Gasteiger partial charge is 0.492 e. The molecule has 1 fully saturated rings. The van der Waals surface area contributed by atoms with Crippen LogP contribution >= 0.6 is 0 Å². The zero-order valence-electron chi connectivity index (χ0n) is 19.5. The molecule has 1 saturated heterocycles. The van der Waals surface area contributed by atoms with Crippen molar-refractivity contribution in [1.29, 1.82) is 0 Å². The molecular formula is C25H42N2O3. The van der Waals surface area contributed by atoms with Crippen LogP contribution in [-0.2, 0) is 9.53 Å². The number of carbonyl (C=O) groups excluding carboxylic acids is 1. The first-order chi connectivity index (χ1) is 14.5. The summed E-state index contributed by atoms with van der Waals surface area (Å²) in [6.07, 6.45) is 7.50. The Hall–Kier alpha value is -1.59. The highest BCUT2D eigenvalue weighted by Gasteiger charge is 2.33. The molecule has 0 saturated carbocycles. The highest BCUT2D eigenvalue weighted by atomic mass is 16.5. The van der Waals surface area contributed by atoms with E-state index in [0.717, 1.165) is 56.0 Å². The lowest BCUT2D eigenvalue weighted by atomic mass is 9.96. The summed E-state index contributed by atoms with van der Waals surface area (Å²) in [6, 6.07) is 7.66. The summed E-state index contributed by atoms with van der Waals surface area (Å²) in [7, 11) is 0. The molecule has 30 heavy (non-hydrogen) atoms. The van der Waals surface area contributed by atoms with Crippen molar-refractivity contribution in [3.05, 3.63) is 24.3 Å². The first kappa shape index (κ1) is 24.7. The quantitative estimate of drug-likeness (QED) is 0.430. The maximum Gasteiger partial charge on any atom is 0.256 e. The molecule has 5 heteroatoms. The Labute approximate surface area is 183 Å². The number of likely N-dealkylation sites (tertiary alicyclic amines) is 1. The summed E-state index contributed by atoms with van der Waals surface area (Å²) in [5, 5.41) is 3.03. The van der Waals surface area contributed by atoms with E-state index in [9.17, 15) is 4.79 Å². The van der Waals surface area contributed by atoms with Gasteiger partial charge in [0.1, 0.15) is 18.0 Å². The molecule has 5 nitrogen and oxygen atoms in total. The number of hydrogen-bond donors (Lipinski definition) is 1. The van der Waals surface area contributed by atoms with Gasteiger partial charge in [0.2, 0.25) is 0 Å². The smallest absolute Gasteiger partial charge is 0.256 e. The fraction of sp³-hybridized carbons (Fsp3) is 0.720. The molecule has 0 spiro atoms. The average molecular weight is 419 g/mol. The van der Waals surface area contributed by atoms with Gasteiger partial charge in [-0.1, -0.05) is 40.0 Å². The number of nitrogens with one attached hydrogen (secondary N) is 1. The average Bonchev–Trinajstić information content (AvgIpc) is 2.74. The van der Waals surface area contributed by atoms with Gasteiger partial charge in [-0.3, -0.25) is 9.69 Å². The minimum Gasteiger partial charge on any atom is -0.492 e. The fourth-order valence-corrected chi connectivity index (χ4v) is 3.97. The van der Waals surface area contributed by atoms with Crippen LogP contribution in [0.3, 0.4) is 0 Å². The van der Waals surface area contributed by atoms with Gasteiger partial charge < -0.3 is 14.8 Å². The molecule has 170 valence electrons. The third-order valence-corrected chi connectivity index (χ3v) is 5.89. The fourth-order valence-electron chi connectivity index (χ4n) is 3.97. The summed E-state index contributed by atoms with van der Waals surface area (Å²) in [5.74, 6) is 1.56. The van der Waals surface area contributed by atoms with Crippen molar-refractivity contribution in [2.75, 3.05) is 38.2 Å². The normalized spacial score (nSPS) is 19.3. The van der Waals surface area contributed by atoms with Crippen molar-refractivity contribution >= 4 is 11.6 Å². The Bertz CT molecular complexity index is 619. The lowest BCUT2D eigenvalue weighted by Gasteiger charge is -2.30. The van der Waals surface area contributed by atoms with Gasteiger partial charge in [-0.25, -0.2) is 0 Å². The van der Waals surface area contributed by atoms with Crippen LogP contribution in [0.5, 0.6) is 5.75 Å². The van der Waals surface area contributed by atoms with Crippen LogP contribution in [-0.4, -0.2) is 49.3 Å².